The summed E-state index contributed by atoms with van der Waals surface area (Å²) in [6, 6.07) is 0. The summed E-state index contributed by atoms with van der Waals surface area (Å²) < 4.78 is 0. The van der Waals surface area contributed by atoms with Crippen molar-refractivity contribution in [3.63, 3.8) is 0 Å². The molecule has 0 aliphatic carbocycles. The van der Waals surface area contributed by atoms with E-state index in [1.165, 1.54) is 32.1 Å². The third-order valence-corrected chi connectivity index (χ3v) is 1.92. The molecule has 0 saturated heterocycles. The molecule has 0 bridgehead atoms. The molecule has 0 heterocycles. The first kappa shape index (κ1) is 11.7. The summed E-state index contributed by atoms with van der Waals surface area (Å²) >= 11 is 0. The predicted molar refractivity (Wildman–Crippen MR) is 54.2 cm³/mol. The Kier molecular flexibility index (Phi) is 10.4. The summed E-state index contributed by atoms with van der Waals surface area (Å²) in [6.07, 6.45) is 12.9. The Labute approximate surface area is 76.5 Å². The van der Waals surface area contributed by atoms with Gasteiger partial charge in [0.25, 0.3) is 0 Å². The molecule has 0 aliphatic heterocycles. The van der Waals surface area contributed by atoms with E-state index >= 15 is 0 Å². The SMILES string of the molecule is CCCCCC/C=C/CCCO. The summed E-state index contributed by atoms with van der Waals surface area (Å²) in [5, 5.41) is 8.51. The van der Waals surface area contributed by atoms with E-state index in [4.69, 9.17) is 5.11 Å². The van der Waals surface area contributed by atoms with Crippen molar-refractivity contribution in [3.05, 3.63) is 12.2 Å². The minimum atomic E-state index is 0.320. The van der Waals surface area contributed by atoms with Gasteiger partial charge in [0, 0.05) is 6.61 Å². The molecule has 0 amide bonds. The van der Waals surface area contributed by atoms with Gasteiger partial charge in [0.05, 0.1) is 0 Å². The van der Waals surface area contributed by atoms with E-state index in [1.54, 1.807) is 0 Å². The van der Waals surface area contributed by atoms with Crippen LogP contribution in [0.5, 0.6) is 0 Å². The van der Waals surface area contributed by atoms with Crippen LogP contribution in [-0.4, -0.2) is 11.7 Å². The van der Waals surface area contributed by atoms with Crippen molar-refractivity contribution in [2.45, 2.75) is 51.9 Å². The first-order chi connectivity index (χ1) is 5.91. The average Bonchev–Trinajstić information content (AvgIpc) is 2.10. The smallest absolute Gasteiger partial charge is 0.0433 e. The van der Waals surface area contributed by atoms with Crippen molar-refractivity contribution in [1.82, 2.24) is 0 Å². The van der Waals surface area contributed by atoms with Crippen LogP contribution in [0, 0.1) is 0 Å². The quantitative estimate of drug-likeness (QED) is 0.438. The second kappa shape index (κ2) is 10.7. The summed E-state index contributed by atoms with van der Waals surface area (Å²) in [6.45, 7) is 2.55. The fraction of sp³-hybridized carbons (Fsp3) is 0.818. The van der Waals surface area contributed by atoms with E-state index in [9.17, 15) is 0 Å². The van der Waals surface area contributed by atoms with Crippen molar-refractivity contribution in [3.8, 4) is 0 Å². The Balaban J connectivity index is 2.92. The van der Waals surface area contributed by atoms with Gasteiger partial charge in [0.1, 0.15) is 0 Å². The summed E-state index contributed by atoms with van der Waals surface area (Å²) in [4.78, 5) is 0. The zero-order chi connectivity index (χ0) is 9.07. The van der Waals surface area contributed by atoms with Crippen LogP contribution in [0.15, 0.2) is 12.2 Å². The molecule has 0 aromatic heterocycles. The third kappa shape index (κ3) is 9.70. The van der Waals surface area contributed by atoms with E-state index < -0.39 is 0 Å². The molecule has 0 saturated carbocycles. The first-order valence-corrected chi connectivity index (χ1v) is 5.17. The predicted octanol–water partition coefficient (Wildman–Crippen LogP) is 3.29. The molecule has 12 heavy (non-hydrogen) atoms. The summed E-state index contributed by atoms with van der Waals surface area (Å²) in [7, 11) is 0. The Hall–Kier alpha value is -0.300. The van der Waals surface area contributed by atoms with Gasteiger partial charge in [0.15, 0.2) is 0 Å². The van der Waals surface area contributed by atoms with Gasteiger partial charge in [-0.05, 0) is 25.7 Å². The van der Waals surface area contributed by atoms with Crippen molar-refractivity contribution in [2.75, 3.05) is 6.61 Å². The van der Waals surface area contributed by atoms with E-state index in [2.05, 4.69) is 19.1 Å². The molecule has 72 valence electrons. The molecule has 0 fully saturated rings. The molecule has 1 N–H and O–H groups in total. The van der Waals surface area contributed by atoms with Crippen molar-refractivity contribution in [2.24, 2.45) is 0 Å². The fourth-order valence-electron chi connectivity index (χ4n) is 1.13. The van der Waals surface area contributed by atoms with Gasteiger partial charge in [-0.2, -0.15) is 0 Å². The van der Waals surface area contributed by atoms with Gasteiger partial charge >= 0.3 is 0 Å². The largest absolute Gasteiger partial charge is 0.396 e. The first-order valence-electron chi connectivity index (χ1n) is 5.17. The maximum absolute atomic E-state index is 8.51. The zero-order valence-electron chi connectivity index (χ0n) is 8.26. The summed E-state index contributed by atoms with van der Waals surface area (Å²) in [5.41, 5.74) is 0. The Morgan fingerprint density at radius 1 is 0.917 bits per heavy atom. The van der Waals surface area contributed by atoms with Crippen LogP contribution >= 0.6 is 0 Å². The number of hydrogen-bond acceptors (Lipinski definition) is 1. The van der Waals surface area contributed by atoms with Crippen LogP contribution in [0.25, 0.3) is 0 Å². The Morgan fingerprint density at radius 2 is 1.58 bits per heavy atom. The van der Waals surface area contributed by atoms with E-state index in [0.717, 1.165) is 12.8 Å². The highest BCUT2D eigenvalue weighted by atomic mass is 16.2. The molecule has 0 aromatic carbocycles. The number of aliphatic hydroxyl groups is 1. The van der Waals surface area contributed by atoms with Gasteiger partial charge in [-0.25, -0.2) is 0 Å². The van der Waals surface area contributed by atoms with Gasteiger partial charge in [0.2, 0.25) is 0 Å². The molecule has 0 radical (unpaired) electrons. The average molecular weight is 170 g/mol. The number of aliphatic hydroxyl groups excluding tert-OH is 1. The standard InChI is InChI=1S/C11H22O/c1-2-3-4-5-6-7-8-9-10-11-12/h7-8,12H,2-6,9-11H2,1H3/b8-7+. The molecule has 0 aliphatic rings. The molecule has 0 aromatic rings. The Morgan fingerprint density at radius 3 is 2.17 bits per heavy atom. The van der Waals surface area contributed by atoms with Crippen molar-refractivity contribution in [1.29, 1.82) is 0 Å². The highest BCUT2D eigenvalue weighted by Gasteiger charge is 1.84. The number of rotatable bonds is 8. The molecule has 0 atom stereocenters. The van der Waals surface area contributed by atoms with Gasteiger partial charge < -0.3 is 5.11 Å². The number of unbranched alkanes of at least 4 members (excludes halogenated alkanes) is 5. The second-order valence-corrected chi connectivity index (χ2v) is 3.19. The van der Waals surface area contributed by atoms with Gasteiger partial charge in [-0.15, -0.1) is 0 Å². The maximum Gasteiger partial charge on any atom is 0.0433 e. The van der Waals surface area contributed by atoms with Crippen LogP contribution in [0.3, 0.4) is 0 Å². The third-order valence-electron chi connectivity index (χ3n) is 1.92. The van der Waals surface area contributed by atoms with Crippen molar-refractivity contribution >= 4 is 0 Å². The van der Waals surface area contributed by atoms with Gasteiger partial charge in [-0.1, -0.05) is 38.3 Å². The van der Waals surface area contributed by atoms with Gasteiger partial charge in [-0.3, -0.25) is 0 Å². The normalized spacial score (nSPS) is 11.2. The van der Waals surface area contributed by atoms with E-state index in [-0.39, 0.29) is 0 Å². The highest BCUT2D eigenvalue weighted by Crippen LogP contribution is 2.03. The topological polar surface area (TPSA) is 20.2 Å². The Bertz CT molecular complexity index is 97.2. The molecular formula is C11H22O. The monoisotopic (exact) mass is 170 g/mol. The lowest BCUT2D eigenvalue weighted by atomic mass is 10.1. The minimum absolute atomic E-state index is 0.320. The molecule has 0 rings (SSSR count). The lowest BCUT2D eigenvalue weighted by molar-refractivity contribution is 0.289. The molecular weight excluding hydrogens is 148 g/mol. The molecule has 0 unspecified atom stereocenters. The highest BCUT2D eigenvalue weighted by molar-refractivity contribution is 4.81. The minimum Gasteiger partial charge on any atom is -0.396 e. The van der Waals surface area contributed by atoms with Crippen LogP contribution < -0.4 is 0 Å². The molecule has 0 spiro atoms. The maximum atomic E-state index is 8.51. The zero-order valence-corrected chi connectivity index (χ0v) is 8.26. The van der Waals surface area contributed by atoms with Crippen LogP contribution in [0.4, 0.5) is 0 Å². The molecule has 1 nitrogen and oxygen atoms in total. The summed E-state index contributed by atoms with van der Waals surface area (Å²) in [5.74, 6) is 0. The lowest BCUT2D eigenvalue weighted by Crippen LogP contribution is -1.78. The fourth-order valence-corrected chi connectivity index (χ4v) is 1.13. The second-order valence-electron chi connectivity index (χ2n) is 3.19. The lowest BCUT2D eigenvalue weighted by Gasteiger charge is -1.94. The molecule has 1 heteroatoms. The number of hydrogen-bond donors (Lipinski definition) is 1. The van der Waals surface area contributed by atoms with Crippen molar-refractivity contribution < 1.29 is 5.11 Å². The van der Waals surface area contributed by atoms with Crippen LogP contribution in [0.1, 0.15) is 51.9 Å². The van der Waals surface area contributed by atoms with E-state index in [1.807, 2.05) is 0 Å². The van der Waals surface area contributed by atoms with Crippen LogP contribution in [-0.2, 0) is 0 Å². The van der Waals surface area contributed by atoms with Crippen LogP contribution in [0.2, 0.25) is 0 Å². The number of allylic oxidation sites excluding steroid dienone is 2. The van der Waals surface area contributed by atoms with E-state index in [0.29, 0.717) is 6.61 Å².